The minimum atomic E-state index is -0.404. The first-order valence-corrected chi connectivity index (χ1v) is 9.64. The van der Waals surface area contributed by atoms with Crippen LogP contribution in [-0.4, -0.2) is 37.8 Å². The summed E-state index contributed by atoms with van der Waals surface area (Å²) < 4.78 is 17.6. The maximum atomic E-state index is 12.2. The molecule has 0 unspecified atom stereocenters. The normalized spacial score (nSPS) is 13.4. The summed E-state index contributed by atoms with van der Waals surface area (Å²) in [6, 6.07) is 9.62. The molecule has 0 aromatic heterocycles. The average molecular weight is 384 g/mol. The van der Waals surface area contributed by atoms with Crippen LogP contribution in [0.2, 0.25) is 0 Å². The first kappa shape index (κ1) is 20.2. The summed E-state index contributed by atoms with van der Waals surface area (Å²) in [5.41, 5.74) is 3.26. The van der Waals surface area contributed by atoms with Gasteiger partial charge in [0.15, 0.2) is 17.3 Å². The number of hydrogen-bond acceptors (Lipinski definition) is 5. The van der Waals surface area contributed by atoms with E-state index in [2.05, 4.69) is 0 Å². The molecule has 2 aromatic rings. The molecule has 0 radical (unpaired) electrons. The van der Waals surface area contributed by atoms with Crippen LogP contribution in [0, 0.1) is 5.41 Å². The van der Waals surface area contributed by atoms with Crippen molar-refractivity contribution in [1.29, 1.82) is 0 Å². The lowest BCUT2D eigenvalue weighted by atomic mass is 9.94. The van der Waals surface area contributed by atoms with Crippen LogP contribution in [0.15, 0.2) is 30.3 Å². The van der Waals surface area contributed by atoms with Gasteiger partial charge >= 0.3 is 0 Å². The molecule has 0 bridgehead atoms. The number of Topliss-reactive ketones (excluding diaryl/α,β-unsaturated/α-hetero) is 1. The quantitative estimate of drug-likeness (QED) is 0.736. The number of carbonyl (C=O) groups excluding carboxylic acids is 1. The van der Waals surface area contributed by atoms with Crippen LogP contribution in [0.3, 0.4) is 0 Å². The summed E-state index contributed by atoms with van der Waals surface area (Å²) in [6.07, 6.45) is 1.26. The predicted octanol–water partition coefficient (Wildman–Crippen LogP) is 4.29. The van der Waals surface area contributed by atoms with Crippen molar-refractivity contribution in [3.05, 3.63) is 41.5 Å². The van der Waals surface area contributed by atoms with E-state index in [-0.39, 0.29) is 12.4 Å². The molecular formula is C23H28O5. The number of ketones is 1. The van der Waals surface area contributed by atoms with E-state index in [1.165, 1.54) is 0 Å². The summed E-state index contributed by atoms with van der Waals surface area (Å²) >= 11 is 0. The van der Waals surface area contributed by atoms with E-state index < -0.39 is 5.41 Å². The zero-order valence-corrected chi connectivity index (χ0v) is 17.0. The minimum absolute atomic E-state index is 0.00500. The van der Waals surface area contributed by atoms with E-state index in [0.717, 1.165) is 28.7 Å². The molecule has 3 rings (SSSR count). The van der Waals surface area contributed by atoms with Crippen LogP contribution in [0.1, 0.15) is 43.1 Å². The highest BCUT2D eigenvalue weighted by molar-refractivity contribution is 6.02. The summed E-state index contributed by atoms with van der Waals surface area (Å²) in [7, 11) is 1.59. The fourth-order valence-electron chi connectivity index (χ4n) is 3.42. The Morgan fingerprint density at radius 1 is 1.00 bits per heavy atom. The number of rotatable bonds is 8. The van der Waals surface area contributed by atoms with Gasteiger partial charge in [-0.25, -0.2) is 0 Å². The van der Waals surface area contributed by atoms with Crippen molar-refractivity contribution in [2.45, 2.75) is 33.6 Å². The Labute approximate surface area is 166 Å². The minimum Gasteiger partial charge on any atom is -0.490 e. The Balaban J connectivity index is 2.14. The lowest BCUT2D eigenvalue weighted by molar-refractivity contribution is 0.0958. The van der Waals surface area contributed by atoms with Gasteiger partial charge in [-0.2, -0.15) is 0 Å². The van der Waals surface area contributed by atoms with E-state index in [4.69, 9.17) is 14.2 Å². The molecular weight excluding hydrogens is 356 g/mol. The van der Waals surface area contributed by atoms with E-state index in [1.54, 1.807) is 7.11 Å². The highest BCUT2D eigenvalue weighted by Crippen LogP contribution is 2.47. The number of ether oxygens (including phenoxy) is 3. The van der Waals surface area contributed by atoms with E-state index in [0.29, 0.717) is 36.9 Å². The first-order chi connectivity index (χ1) is 13.4. The largest absolute Gasteiger partial charge is 0.490 e. The van der Waals surface area contributed by atoms with Gasteiger partial charge in [-0.1, -0.05) is 32.0 Å². The molecule has 0 aliphatic heterocycles. The van der Waals surface area contributed by atoms with Gasteiger partial charge in [0.05, 0.1) is 26.9 Å². The van der Waals surface area contributed by atoms with Gasteiger partial charge in [-0.05, 0) is 36.6 Å². The Morgan fingerprint density at radius 3 is 2.43 bits per heavy atom. The molecule has 1 aliphatic rings. The Morgan fingerprint density at radius 2 is 1.75 bits per heavy atom. The number of hydrogen-bond donors (Lipinski definition) is 1. The molecule has 0 spiro atoms. The predicted molar refractivity (Wildman–Crippen MR) is 109 cm³/mol. The lowest BCUT2D eigenvalue weighted by Gasteiger charge is -2.25. The van der Waals surface area contributed by atoms with Crippen LogP contribution in [0.5, 0.6) is 17.2 Å². The fraction of sp³-hybridized carbons (Fsp3) is 0.435. The van der Waals surface area contributed by atoms with Gasteiger partial charge in [-0.3, -0.25) is 4.79 Å². The second-order valence-electron chi connectivity index (χ2n) is 7.77. The van der Waals surface area contributed by atoms with Crippen molar-refractivity contribution in [2.75, 3.05) is 26.9 Å². The van der Waals surface area contributed by atoms with Gasteiger partial charge in [0, 0.05) is 23.0 Å². The summed E-state index contributed by atoms with van der Waals surface area (Å²) in [4.78, 5) is 12.2. The van der Waals surface area contributed by atoms with Crippen LogP contribution >= 0.6 is 0 Å². The van der Waals surface area contributed by atoms with Gasteiger partial charge in [0.25, 0.3) is 0 Å². The third-order valence-corrected chi connectivity index (χ3v) is 4.98. The lowest BCUT2D eigenvalue weighted by Crippen LogP contribution is -2.25. The van der Waals surface area contributed by atoms with Crippen LogP contribution < -0.4 is 14.2 Å². The number of methoxy groups -OCH3 is 1. The SMILES string of the molecule is CCOc1ccc(-c2cccc3c2CCC3=O)c(OCC(C)(C)CO)c1OC. The highest BCUT2D eigenvalue weighted by Gasteiger charge is 2.27. The second-order valence-corrected chi connectivity index (χ2v) is 7.77. The zero-order chi connectivity index (χ0) is 20.3. The van der Waals surface area contributed by atoms with Crippen molar-refractivity contribution >= 4 is 5.78 Å². The third kappa shape index (κ3) is 3.85. The van der Waals surface area contributed by atoms with Gasteiger partial charge in [-0.15, -0.1) is 0 Å². The molecule has 0 saturated carbocycles. The molecule has 5 nitrogen and oxygen atoms in total. The molecule has 5 heteroatoms. The molecule has 2 aromatic carbocycles. The van der Waals surface area contributed by atoms with E-state index in [9.17, 15) is 9.90 Å². The molecule has 0 fully saturated rings. The fourth-order valence-corrected chi connectivity index (χ4v) is 3.42. The van der Waals surface area contributed by atoms with Crippen molar-refractivity contribution < 1.29 is 24.1 Å². The molecule has 150 valence electrons. The van der Waals surface area contributed by atoms with Gasteiger partial charge < -0.3 is 19.3 Å². The van der Waals surface area contributed by atoms with Crippen molar-refractivity contribution in [3.63, 3.8) is 0 Å². The Hall–Kier alpha value is -2.53. The Bertz CT molecular complexity index is 870. The molecule has 0 amide bonds. The second kappa shape index (κ2) is 8.23. The number of carbonyl (C=O) groups is 1. The van der Waals surface area contributed by atoms with Crippen LogP contribution in [0.25, 0.3) is 11.1 Å². The number of aliphatic hydroxyl groups excluding tert-OH is 1. The third-order valence-electron chi connectivity index (χ3n) is 4.98. The van der Waals surface area contributed by atoms with Crippen LogP contribution in [-0.2, 0) is 6.42 Å². The Kier molecular flexibility index (Phi) is 5.94. The zero-order valence-electron chi connectivity index (χ0n) is 17.0. The molecule has 0 heterocycles. The highest BCUT2D eigenvalue weighted by atomic mass is 16.5. The first-order valence-electron chi connectivity index (χ1n) is 9.64. The van der Waals surface area contributed by atoms with Crippen molar-refractivity contribution in [3.8, 4) is 28.4 Å². The molecule has 0 saturated heterocycles. The standard InChI is InChI=1S/C23H28O5/c1-5-27-20-12-10-18(15-7-6-8-17-16(15)9-11-19(17)25)21(22(20)26-4)28-14-23(2,3)13-24/h6-8,10,12,24H,5,9,11,13-14H2,1-4H3. The molecule has 28 heavy (non-hydrogen) atoms. The van der Waals surface area contributed by atoms with E-state index >= 15 is 0 Å². The summed E-state index contributed by atoms with van der Waals surface area (Å²) in [5, 5.41) is 9.61. The average Bonchev–Trinajstić information content (AvgIpc) is 3.08. The van der Waals surface area contributed by atoms with Gasteiger partial charge in [0.1, 0.15) is 0 Å². The topological polar surface area (TPSA) is 65.0 Å². The van der Waals surface area contributed by atoms with Gasteiger partial charge in [0.2, 0.25) is 5.75 Å². The molecule has 1 aliphatic carbocycles. The number of benzene rings is 2. The maximum absolute atomic E-state index is 12.2. The summed E-state index contributed by atoms with van der Waals surface area (Å²) in [6.45, 7) is 6.61. The van der Waals surface area contributed by atoms with Crippen molar-refractivity contribution in [1.82, 2.24) is 0 Å². The smallest absolute Gasteiger partial charge is 0.203 e. The monoisotopic (exact) mass is 384 g/mol. The van der Waals surface area contributed by atoms with E-state index in [1.807, 2.05) is 51.1 Å². The number of aliphatic hydroxyl groups is 1. The molecule has 0 atom stereocenters. The van der Waals surface area contributed by atoms with Crippen LogP contribution in [0.4, 0.5) is 0 Å². The summed E-state index contributed by atoms with van der Waals surface area (Å²) in [5.74, 6) is 1.88. The molecule has 1 N–H and O–H groups in total. The van der Waals surface area contributed by atoms with Crippen molar-refractivity contribution in [2.24, 2.45) is 5.41 Å². The maximum Gasteiger partial charge on any atom is 0.203 e. The number of fused-ring (bicyclic) bond motifs is 1.